The van der Waals surface area contributed by atoms with Crippen LogP contribution in [0, 0.1) is 5.82 Å². The van der Waals surface area contributed by atoms with Crippen molar-refractivity contribution in [1.29, 1.82) is 0 Å². The maximum Gasteiger partial charge on any atom is 0.211 e. The molecule has 2 aromatic rings. The number of oxazole rings is 1. The Labute approximate surface area is 79.6 Å². The lowest BCUT2D eigenvalue weighted by molar-refractivity contribution is 0.0810. The Morgan fingerprint density at radius 2 is 2.43 bits per heavy atom. The van der Waals surface area contributed by atoms with Crippen molar-refractivity contribution >= 4 is 11.1 Å². The molecule has 1 N–H and O–H groups in total. The second-order valence-electron chi connectivity index (χ2n) is 2.74. The van der Waals surface area contributed by atoms with Crippen LogP contribution in [0.2, 0.25) is 0 Å². The summed E-state index contributed by atoms with van der Waals surface area (Å²) in [6.07, 6.45) is 0. The summed E-state index contributed by atoms with van der Waals surface area (Å²) in [5.74, 6) is 0.143. The molecule has 0 spiro atoms. The molecule has 0 aliphatic rings. The largest absolute Gasteiger partial charge is 0.439 e. The average Bonchev–Trinajstić information content (AvgIpc) is 2.56. The van der Waals surface area contributed by atoms with Crippen molar-refractivity contribution in [3.05, 3.63) is 29.9 Å². The Kier molecular flexibility index (Phi) is 2.43. The second-order valence-corrected chi connectivity index (χ2v) is 2.74. The van der Waals surface area contributed by atoms with Gasteiger partial charge in [-0.25, -0.2) is 9.37 Å². The van der Waals surface area contributed by atoms with Crippen molar-refractivity contribution in [2.45, 2.75) is 6.54 Å². The number of fused-ring (bicyclic) bond motifs is 1. The average molecular weight is 196 g/mol. The first kappa shape index (κ1) is 9.11. The lowest BCUT2D eigenvalue weighted by Crippen LogP contribution is -2.10. The summed E-state index contributed by atoms with van der Waals surface area (Å²) in [6, 6.07) is 4.21. The molecule has 74 valence electrons. The molecule has 0 atom stereocenters. The molecule has 1 aromatic carbocycles. The summed E-state index contributed by atoms with van der Waals surface area (Å²) in [6.45, 7) is 0.354. The van der Waals surface area contributed by atoms with Gasteiger partial charge in [0, 0.05) is 6.07 Å². The molecule has 1 aromatic heterocycles. The fraction of sp³-hybridized carbons (Fsp3) is 0.222. The number of hydrogen-bond acceptors (Lipinski definition) is 4. The molecular formula is C9H9FN2O2. The molecule has 0 fully saturated rings. The van der Waals surface area contributed by atoms with Crippen LogP contribution in [0.1, 0.15) is 5.89 Å². The van der Waals surface area contributed by atoms with Gasteiger partial charge in [-0.15, -0.1) is 0 Å². The molecule has 4 nitrogen and oxygen atoms in total. The van der Waals surface area contributed by atoms with E-state index in [9.17, 15) is 4.39 Å². The molecule has 0 radical (unpaired) electrons. The van der Waals surface area contributed by atoms with E-state index in [4.69, 9.17) is 4.42 Å². The molecule has 2 rings (SSSR count). The zero-order valence-corrected chi connectivity index (χ0v) is 7.58. The maximum absolute atomic E-state index is 12.8. The van der Waals surface area contributed by atoms with Crippen LogP contribution < -0.4 is 5.48 Å². The Morgan fingerprint density at radius 3 is 3.21 bits per heavy atom. The highest BCUT2D eigenvalue weighted by atomic mass is 19.1. The quantitative estimate of drug-likeness (QED) is 0.758. The zero-order valence-electron chi connectivity index (χ0n) is 7.58. The molecule has 0 amide bonds. The third-order valence-electron chi connectivity index (χ3n) is 1.76. The predicted molar refractivity (Wildman–Crippen MR) is 47.8 cm³/mol. The Balaban J connectivity index is 2.32. The van der Waals surface area contributed by atoms with E-state index in [0.717, 1.165) is 0 Å². The van der Waals surface area contributed by atoms with Crippen molar-refractivity contribution in [3.8, 4) is 0 Å². The summed E-state index contributed by atoms with van der Waals surface area (Å²) in [5.41, 5.74) is 3.67. The standard InChI is InChI=1S/C9H9FN2O2/c1-13-11-5-9-12-7-4-6(10)2-3-8(7)14-9/h2-4,11H,5H2,1H3. The summed E-state index contributed by atoms with van der Waals surface area (Å²) in [7, 11) is 1.50. The van der Waals surface area contributed by atoms with Crippen LogP contribution in [0.15, 0.2) is 22.6 Å². The van der Waals surface area contributed by atoms with Crippen molar-refractivity contribution in [2.24, 2.45) is 0 Å². The first-order valence-corrected chi connectivity index (χ1v) is 4.10. The molecule has 0 bridgehead atoms. The number of aromatic nitrogens is 1. The molecular weight excluding hydrogens is 187 g/mol. The normalized spacial score (nSPS) is 11.0. The summed E-state index contributed by atoms with van der Waals surface area (Å²) in [5, 5.41) is 0. The smallest absolute Gasteiger partial charge is 0.211 e. The minimum atomic E-state index is -0.322. The maximum atomic E-state index is 12.8. The van der Waals surface area contributed by atoms with Crippen molar-refractivity contribution in [3.63, 3.8) is 0 Å². The Hall–Kier alpha value is -1.46. The Morgan fingerprint density at radius 1 is 1.57 bits per heavy atom. The van der Waals surface area contributed by atoms with E-state index < -0.39 is 0 Å². The van der Waals surface area contributed by atoms with Crippen molar-refractivity contribution in [1.82, 2.24) is 10.5 Å². The number of hydrogen-bond donors (Lipinski definition) is 1. The minimum Gasteiger partial charge on any atom is -0.439 e. The van der Waals surface area contributed by atoms with E-state index in [2.05, 4.69) is 15.3 Å². The van der Waals surface area contributed by atoms with Gasteiger partial charge in [-0.1, -0.05) is 0 Å². The molecule has 0 aliphatic carbocycles. The van der Waals surface area contributed by atoms with Crippen LogP contribution in [-0.2, 0) is 11.4 Å². The van der Waals surface area contributed by atoms with Crippen LogP contribution in [0.25, 0.3) is 11.1 Å². The molecule has 0 aliphatic heterocycles. The SMILES string of the molecule is CONCc1nc2cc(F)ccc2o1. The highest BCUT2D eigenvalue weighted by molar-refractivity contribution is 5.72. The fourth-order valence-electron chi connectivity index (χ4n) is 1.16. The summed E-state index contributed by atoms with van der Waals surface area (Å²) in [4.78, 5) is 8.70. The van der Waals surface area contributed by atoms with Gasteiger partial charge in [-0.3, -0.25) is 0 Å². The lowest BCUT2D eigenvalue weighted by atomic mass is 10.3. The summed E-state index contributed by atoms with van der Waals surface area (Å²) < 4.78 is 18.1. The number of benzene rings is 1. The van der Waals surface area contributed by atoms with Crippen molar-refractivity contribution in [2.75, 3.05) is 7.11 Å². The topological polar surface area (TPSA) is 47.3 Å². The van der Waals surface area contributed by atoms with Crippen LogP contribution in [0.5, 0.6) is 0 Å². The number of nitrogens with zero attached hydrogens (tertiary/aromatic N) is 1. The Bertz CT molecular complexity index is 441. The van der Waals surface area contributed by atoms with Crippen LogP contribution in [0.3, 0.4) is 0 Å². The zero-order chi connectivity index (χ0) is 9.97. The van der Waals surface area contributed by atoms with Gasteiger partial charge < -0.3 is 9.25 Å². The van der Waals surface area contributed by atoms with Gasteiger partial charge in [0.25, 0.3) is 0 Å². The van der Waals surface area contributed by atoms with E-state index in [1.54, 1.807) is 6.07 Å². The van der Waals surface area contributed by atoms with E-state index in [1.165, 1.54) is 19.2 Å². The first-order chi connectivity index (χ1) is 6.79. The number of hydroxylamine groups is 1. The van der Waals surface area contributed by atoms with Crippen LogP contribution in [-0.4, -0.2) is 12.1 Å². The third-order valence-corrected chi connectivity index (χ3v) is 1.76. The van der Waals surface area contributed by atoms with Crippen LogP contribution in [0.4, 0.5) is 4.39 Å². The number of halogens is 1. The monoisotopic (exact) mass is 196 g/mol. The molecule has 0 saturated carbocycles. The molecule has 0 unspecified atom stereocenters. The predicted octanol–water partition coefficient (Wildman–Crippen LogP) is 1.62. The molecule has 14 heavy (non-hydrogen) atoms. The van der Waals surface area contributed by atoms with E-state index in [0.29, 0.717) is 23.5 Å². The third kappa shape index (κ3) is 1.73. The van der Waals surface area contributed by atoms with Gasteiger partial charge in [0.05, 0.1) is 13.7 Å². The minimum absolute atomic E-state index is 0.322. The van der Waals surface area contributed by atoms with Gasteiger partial charge in [0.2, 0.25) is 5.89 Å². The van der Waals surface area contributed by atoms with Gasteiger partial charge in [0.15, 0.2) is 5.58 Å². The fourth-order valence-corrected chi connectivity index (χ4v) is 1.16. The second kappa shape index (κ2) is 3.73. The highest BCUT2D eigenvalue weighted by Gasteiger charge is 2.05. The van der Waals surface area contributed by atoms with Gasteiger partial charge in [-0.05, 0) is 12.1 Å². The molecule has 0 saturated heterocycles. The lowest BCUT2D eigenvalue weighted by Gasteiger charge is -1.94. The molecule has 1 heterocycles. The van der Waals surface area contributed by atoms with E-state index in [-0.39, 0.29) is 5.82 Å². The van der Waals surface area contributed by atoms with Gasteiger partial charge in [0.1, 0.15) is 11.3 Å². The van der Waals surface area contributed by atoms with Gasteiger partial charge >= 0.3 is 0 Å². The van der Waals surface area contributed by atoms with E-state index >= 15 is 0 Å². The number of nitrogens with one attached hydrogen (secondary N) is 1. The van der Waals surface area contributed by atoms with Crippen LogP contribution >= 0.6 is 0 Å². The highest BCUT2D eigenvalue weighted by Crippen LogP contribution is 2.16. The molecule has 5 heteroatoms. The first-order valence-electron chi connectivity index (χ1n) is 4.10. The number of rotatable bonds is 3. The van der Waals surface area contributed by atoms with Gasteiger partial charge in [-0.2, -0.15) is 5.48 Å². The summed E-state index contributed by atoms with van der Waals surface area (Å²) >= 11 is 0. The van der Waals surface area contributed by atoms with E-state index in [1.807, 2.05) is 0 Å². The van der Waals surface area contributed by atoms with Crippen molar-refractivity contribution < 1.29 is 13.6 Å².